The van der Waals surface area contributed by atoms with E-state index in [0.717, 1.165) is 0 Å². The first-order chi connectivity index (χ1) is 2.91. The minimum absolute atomic E-state index is 1.44. The summed E-state index contributed by atoms with van der Waals surface area (Å²) >= 11 is 0. The smallest absolute Gasteiger partial charge is 0.0277 e. The summed E-state index contributed by atoms with van der Waals surface area (Å²) < 4.78 is 0. The molecular weight excluding hydrogens is 76.1 g/mol. The number of nitrogens with two attached hydrogens (primary N) is 1. The topological polar surface area (TPSA) is 38.4 Å². The molecule has 0 aliphatic heterocycles. The molecule has 0 unspecified atom stereocenters. The highest BCUT2D eigenvalue weighted by Crippen LogP contribution is 1.53. The molecule has 0 saturated carbocycles. The molecular formula is C4H8N2. The number of rotatable bonds is 1. The minimum atomic E-state index is 1.44. The van der Waals surface area contributed by atoms with Gasteiger partial charge >= 0.3 is 0 Å². The van der Waals surface area contributed by atoms with Gasteiger partial charge in [0.2, 0.25) is 0 Å². The third-order valence-corrected chi connectivity index (χ3v) is 0.346. The first-order valence-corrected chi connectivity index (χ1v) is 1.71. The Morgan fingerprint density at radius 1 is 1.67 bits per heavy atom. The van der Waals surface area contributed by atoms with Crippen molar-refractivity contribution >= 4 is 6.21 Å². The Bertz CT molecular complexity index is 53.9. The molecule has 0 rings (SSSR count). The minimum Gasteiger partial charge on any atom is -0.405 e. The third kappa shape index (κ3) is 3.21. The van der Waals surface area contributed by atoms with Gasteiger partial charge in [-0.15, -0.1) is 0 Å². The van der Waals surface area contributed by atoms with Crippen molar-refractivity contribution in [1.82, 2.24) is 0 Å². The summed E-state index contributed by atoms with van der Waals surface area (Å²) in [6, 6.07) is 0. The number of hydrogen-bond donors (Lipinski definition) is 1. The standard InChI is InChI=1S/C4H8N2/c1-6-4-2-3-5/h2-4H,5H2,1H3/b3-2-,6-4-. The van der Waals surface area contributed by atoms with Crippen molar-refractivity contribution in [3.63, 3.8) is 0 Å². The van der Waals surface area contributed by atoms with Gasteiger partial charge in [-0.1, -0.05) is 0 Å². The zero-order valence-corrected chi connectivity index (χ0v) is 3.76. The van der Waals surface area contributed by atoms with Crippen LogP contribution in [0.3, 0.4) is 0 Å². The van der Waals surface area contributed by atoms with Crippen LogP contribution in [0.15, 0.2) is 17.3 Å². The molecule has 0 radical (unpaired) electrons. The number of aliphatic imine (C=N–C) groups is 1. The van der Waals surface area contributed by atoms with E-state index in [1.165, 1.54) is 6.20 Å². The van der Waals surface area contributed by atoms with Crippen molar-refractivity contribution in [2.45, 2.75) is 0 Å². The van der Waals surface area contributed by atoms with E-state index < -0.39 is 0 Å². The average Bonchev–Trinajstić information content (AvgIpc) is 1.61. The maximum Gasteiger partial charge on any atom is 0.0277 e. The summed E-state index contributed by atoms with van der Waals surface area (Å²) in [5.74, 6) is 0. The number of allylic oxidation sites excluding steroid dienone is 1. The van der Waals surface area contributed by atoms with Crippen LogP contribution in [0.4, 0.5) is 0 Å². The second kappa shape index (κ2) is 4.21. The van der Waals surface area contributed by atoms with Crippen LogP contribution >= 0.6 is 0 Å². The zero-order chi connectivity index (χ0) is 4.83. The van der Waals surface area contributed by atoms with Crippen molar-refractivity contribution in [1.29, 1.82) is 0 Å². The Hall–Kier alpha value is -0.790. The number of hydrogen-bond acceptors (Lipinski definition) is 2. The summed E-state index contributed by atoms with van der Waals surface area (Å²) in [6.07, 6.45) is 4.73. The second-order valence-corrected chi connectivity index (χ2v) is 0.792. The monoisotopic (exact) mass is 84.1 g/mol. The molecule has 0 aromatic carbocycles. The van der Waals surface area contributed by atoms with Crippen molar-refractivity contribution in [3.05, 3.63) is 12.3 Å². The highest BCUT2D eigenvalue weighted by atomic mass is 14.6. The van der Waals surface area contributed by atoms with Crippen molar-refractivity contribution in [3.8, 4) is 0 Å². The molecule has 0 saturated heterocycles. The molecule has 34 valence electrons. The lowest BCUT2D eigenvalue weighted by Crippen LogP contribution is -1.74. The maximum atomic E-state index is 4.94. The predicted molar refractivity (Wildman–Crippen MR) is 27.7 cm³/mol. The Labute approximate surface area is 37.4 Å². The maximum absolute atomic E-state index is 4.94. The van der Waals surface area contributed by atoms with Crippen LogP contribution < -0.4 is 5.73 Å². The molecule has 0 aliphatic carbocycles. The molecule has 0 bridgehead atoms. The SMILES string of the molecule is C/N=C\C=C/N. The molecule has 2 heteroatoms. The highest BCUT2D eigenvalue weighted by Gasteiger charge is 1.49. The molecule has 0 fully saturated rings. The first kappa shape index (κ1) is 5.21. The van der Waals surface area contributed by atoms with Gasteiger partial charge in [-0.3, -0.25) is 4.99 Å². The van der Waals surface area contributed by atoms with Gasteiger partial charge in [0.25, 0.3) is 0 Å². The summed E-state index contributed by atoms with van der Waals surface area (Å²) in [5.41, 5.74) is 4.94. The Kier molecular flexibility index (Phi) is 3.66. The highest BCUT2D eigenvalue weighted by molar-refractivity contribution is 5.70. The van der Waals surface area contributed by atoms with E-state index in [9.17, 15) is 0 Å². The van der Waals surface area contributed by atoms with Crippen LogP contribution in [-0.2, 0) is 0 Å². The van der Waals surface area contributed by atoms with E-state index >= 15 is 0 Å². The van der Waals surface area contributed by atoms with Gasteiger partial charge in [0.1, 0.15) is 0 Å². The normalized spacial score (nSPS) is 11.5. The zero-order valence-electron chi connectivity index (χ0n) is 3.76. The molecule has 0 heterocycles. The Balaban J connectivity index is 3.07. The van der Waals surface area contributed by atoms with E-state index in [1.807, 2.05) is 0 Å². The van der Waals surface area contributed by atoms with E-state index in [1.54, 1.807) is 19.3 Å². The quantitative estimate of drug-likeness (QED) is 0.451. The van der Waals surface area contributed by atoms with Gasteiger partial charge in [-0.05, 0) is 12.3 Å². The largest absolute Gasteiger partial charge is 0.405 e. The molecule has 2 N–H and O–H groups in total. The summed E-state index contributed by atoms with van der Waals surface area (Å²) in [7, 11) is 1.69. The lowest BCUT2D eigenvalue weighted by molar-refractivity contribution is 1.47. The van der Waals surface area contributed by atoms with Crippen LogP contribution in [0.25, 0.3) is 0 Å². The molecule has 0 aromatic rings. The fraction of sp³-hybridized carbons (Fsp3) is 0.250. The predicted octanol–water partition coefficient (Wildman–Crippen LogP) is 0.159. The molecule has 2 nitrogen and oxygen atoms in total. The molecule has 6 heavy (non-hydrogen) atoms. The van der Waals surface area contributed by atoms with Gasteiger partial charge in [0.15, 0.2) is 0 Å². The van der Waals surface area contributed by atoms with Gasteiger partial charge in [0, 0.05) is 13.3 Å². The van der Waals surface area contributed by atoms with Crippen molar-refractivity contribution in [2.75, 3.05) is 7.05 Å². The van der Waals surface area contributed by atoms with Crippen LogP contribution in [0, 0.1) is 0 Å². The van der Waals surface area contributed by atoms with Crippen LogP contribution in [-0.4, -0.2) is 13.3 Å². The molecule has 0 aliphatic rings. The Morgan fingerprint density at radius 2 is 2.33 bits per heavy atom. The van der Waals surface area contributed by atoms with E-state index in [4.69, 9.17) is 5.73 Å². The van der Waals surface area contributed by atoms with Gasteiger partial charge in [0.05, 0.1) is 0 Å². The van der Waals surface area contributed by atoms with E-state index in [-0.39, 0.29) is 0 Å². The average molecular weight is 84.1 g/mol. The second-order valence-electron chi connectivity index (χ2n) is 0.792. The van der Waals surface area contributed by atoms with Crippen LogP contribution in [0.2, 0.25) is 0 Å². The van der Waals surface area contributed by atoms with E-state index in [0.29, 0.717) is 0 Å². The van der Waals surface area contributed by atoms with Crippen LogP contribution in [0.5, 0.6) is 0 Å². The van der Waals surface area contributed by atoms with Gasteiger partial charge < -0.3 is 5.73 Å². The summed E-state index contributed by atoms with van der Waals surface area (Å²) in [4.78, 5) is 3.63. The molecule has 0 amide bonds. The first-order valence-electron chi connectivity index (χ1n) is 1.71. The molecule has 0 spiro atoms. The lowest BCUT2D eigenvalue weighted by Gasteiger charge is -1.64. The van der Waals surface area contributed by atoms with Crippen molar-refractivity contribution in [2.24, 2.45) is 10.7 Å². The molecule has 0 atom stereocenters. The molecule has 0 aromatic heterocycles. The van der Waals surface area contributed by atoms with Crippen molar-refractivity contribution < 1.29 is 0 Å². The fourth-order valence-corrected chi connectivity index (χ4v) is 0.136. The van der Waals surface area contributed by atoms with Gasteiger partial charge in [-0.2, -0.15) is 0 Å². The van der Waals surface area contributed by atoms with E-state index in [2.05, 4.69) is 4.99 Å². The van der Waals surface area contributed by atoms with Gasteiger partial charge in [-0.25, -0.2) is 0 Å². The summed E-state index contributed by atoms with van der Waals surface area (Å²) in [5, 5.41) is 0. The lowest BCUT2D eigenvalue weighted by atomic mass is 10.7. The van der Waals surface area contributed by atoms with Crippen LogP contribution in [0.1, 0.15) is 0 Å². The fourth-order valence-electron chi connectivity index (χ4n) is 0.136. The summed E-state index contributed by atoms with van der Waals surface area (Å²) in [6.45, 7) is 0. The third-order valence-electron chi connectivity index (χ3n) is 0.346. The Morgan fingerprint density at radius 3 is 2.50 bits per heavy atom. The number of nitrogens with zero attached hydrogens (tertiary/aromatic N) is 1.